The van der Waals surface area contributed by atoms with Crippen molar-refractivity contribution < 1.29 is 19.4 Å². The van der Waals surface area contributed by atoms with Gasteiger partial charge in [-0.05, 0) is 5.56 Å². The fraction of sp³-hybridized carbons (Fsp3) is 0.333. The molecule has 1 aliphatic heterocycles. The van der Waals surface area contributed by atoms with Gasteiger partial charge in [-0.15, -0.1) is 0 Å². The average molecular weight is 250 g/mol. The van der Waals surface area contributed by atoms with Crippen LogP contribution in [-0.2, 0) is 16.1 Å². The molecule has 18 heavy (non-hydrogen) atoms. The summed E-state index contributed by atoms with van der Waals surface area (Å²) < 4.78 is 4.95. The molecule has 0 saturated carbocycles. The molecule has 2 rings (SSSR count). The molecule has 96 valence electrons. The van der Waals surface area contributed by atoms with Crippen LogP contribution in [0.4, 0.5) is 4.79 Å². The van der Waals surface area contributed by atoms with Gasteiger partial charge in [0.1, 0.15) is 18.8 Å². The van der Waals surface area contributed by atoms with Crippen molar-refractivity contribution in [3.05, 3.63) is 35.9 Å². The minimum Gasteiger partial charge on any atom is -0.445 e. The van der Waals surface area contributed by atoms with Gasteiger partial charge < -0.3 is 20.5 Å². The number of ether oxygens (including phenoxy) is 1. The molecule has 6 nitrogen and oxygen atoms in total. The monoisotopic (exact) mass is 250 g/mol. The molecule has 0 bridgehead atoms. The number of benzene rings is 1. The molecular weight excluding hydrogens is 236 g/mol. The third kappa shape index (κ3) is 2.98. The fourth-order valence-electron chi connectivity index (χ4n) is 1.66. The Morgan fingerprint density at radius 3 is 2.78 bits per heavy atom. The van der Waals surface area contributed by atoms with Crippen LogP contribution >= 0.6 is 0 Å². The van der Waals surface area contributed by atoms with Crippen LogP contribution < -0.4 is 10.6 Å². The zero-order valence-electron chi connectivity index (χ0n) is 9.63. The number of amides is 2. The Balaban J connectivity index is 1.80. The Morgan fingerprint density at radius 2 is 2.17 bits per heavy atom. The Bertz CT molecular complexity index is 435. The summed E-state index contributed by atoms with van der Waals surface area (Å²) in [6.07, 6.45) is -1.64. The Kier molecular flexibility index (Phi) is 3.78. The third-order valence-corrected chi connectivity index (χ3v) is 2.64. The molecule has 0 unspecified atom stereocenters. The number of β-amino-alcohol motifs (C(OH)–C–C–N with tert-alkyl or cyclic N) is 1. The first-order valence-corrected chi connectivity index (χ1v) is 5.60. The smallest absolute Gasteiger partial charge is 0.408 e. The van der Waals surface area contributed by atoms with Crippen LogP contribution in [0.5, 0.6) is 0 Å². The van der Waals surface area contributed by atoms with E-state index in [2.05, 4.69) is 10.6 Å². The summed E-state index contributed by atoms with van der Waals surface area (Å²) in [7, 11) is 0. The number of aliphatic hydroxyl groups excluding tert-OH is 1. The Morgan fingerprint density at radius 1 is 1.44 bits per heavy atom. The van der Waals surface area contributed by atoms with E-state index in [0.29, 0.717) is 0 Å². The van der Waals surface area contributed by atoms with Gasteiger partial charge in [-0.2, -0.15) is 0 Å². The van der Waals surface area contributed by atoms with Crippen LogP contribution in [0, 0.1) is 0 Å². The van der Waals surface area contributed by atoms with E-state index in [9.17, 15) is 14.7 Å². The van der Waals surface area contributed by atoms with Gasteiger partial charge in [0.05, 0.1) is 0 Å². The topological polar surface area (TPSA) is 87.7 Å². The lowest BCUT2D eigenvalue weighted by Gasteiger charge is -2.13. The largest absolute Gasteiger partial charge is 0.445 e. The Labute approximate surface area is 104 Å². The highest BCUT2D eigenvalue weighted by Gasteiger charge is 2.34. The molecule has 3 N–H and O–H groups in total. The van der Waals surface area contributed by atoms with Gasteiger partial charge in [0, 0.05) is 6.54 Å². The van der Waals surface area contributed by atoms with E-state index in [-0.39, 0.29) is 13.2 Å². The number of carbonyl (C=O) groups is 2. The van der Waals surface area contributed by atoms with Crippen molar-refractivity contribution in [3.8, 4) is 0 Å². The highest BCUT2D eigenvalue weighted by Crippen LogP contribution is 2.03. The summed E-state index contributed by atoms with van der Waals surface area (Å²) in [4.78, 5) is 22.7. The maximum Gasteiger partial charge on any atom is 0.408 e. The molecule has 2 amide bonds. The van der Waals surface area contributed by atoms with Crippen LogP contribution in [-0.4, -0.2) is 35.8 Å². The molecule has 1 saturated heterocycles. The Hall–Kier alpha value is -2.08. The van der Waals surface area contributed by atoms with Crippen LogP contribution in [0.25, 0.3) is 0 Å². The normalized spacial score (nSPS) is 22.4. The van der Waals surface area contributed by atoms with Gasteiger partial charge in [-0.3, -0.25) is 4.79 Å². The van der Waals surface area contributed by atoms with Crippen LogP contribution in [0.2, 0.25) is 0 Å². The van der Waals surface area contributed by atoms with Crippen molar-refractivity contribution in [2.75, 3.05) is 6.54 Å². The average Bonchev–Trinajstić information content (AvgIpc) is 2.69. The first kappa shape index (κ1) is 12.4. The molecule has 1 heterocycles. The van der Waals surface area contributed by atoms with Crippen LogP contribution in [0.3, 0.4) is 0 Å². The molecule has 0 aliphatic carbocycles. The van der Waals surface area contributed by atoms with Crippen molar-refractivity contribution in [1.29, 1.82) is 0 Å². The molecular formula is C12H14N2O4. The second-order valence-corrected chi connectivity index (χ2v) is 4.00. The second kappa shape index (κ2) is 5.50. The minimum absolute atomic E-state index is 0.122. The van der Waals surface area contributed by atoms with Gasteiger partial charge in [-0.25, -0.2) is 4.79 Å². The maximum absolute atomic E-state index is 11.4. The summed E-state index contributed by atoms with van der Waals surface area (Å²) in [6.45, 7) is 0.263. The molecule has 2 atom stereocenters. The SMILES string of the molecule is O=C(N[C@H]1C(=O)NC[C@@H]1O)OCc1ccccc1. The lowest BCUT2D eigenvalue weighted by atomic mass is 10.2. The minimum atomic E-state index is -0.937. The van der Waals surface area contributed by atoms with Gasteiger partial charge in [0.2, 0.25) is 5.91 Å². The maximum atomic E-state index is 11.4. The number of hydrogen-bond donors (Lipinski definition) is 3. The summed E-state index contributed by atoms with van der Waals surface area (Å²) in [5, 5.41) is 14.2. The molecule has 0 aromatic heterocycles. The number of hydrogen-bond acceptors (Lipinski definition) is 4. The van der Waals surface area contributed by atoms with Gasteiger partial charge >= 0.3 is 6.09 Å². The zero-order valence-corrected chi connectivity index (χ0v) is 9.63. The van der Waals surface area contributed by atoms with Crippen molar-refractivity contribution in [2.45, 2.75) is 18.8 Å². The lowest BCUT2D eigenvalue weighted by molar-refractivity contribution is -0.121. The van der Waals surface area contributed by atoms with Crippen molar-refractivity contribution >= 4 is 12.0 Å². The van der Waals surface area contributed by atoms with E-state index in [0.717, 1.165) is 5.56 Å². The predicted octanol–water partition coefficient (Wildman–Crippen LogP) is -0.228. The number of rotatable bonds is 3. The highest BCUT2D eigenvalue weighted by molar-refractivity contribution is 5.88. The van der Waals surface area contributed by atoms with Crippen molar-refractivity contribution in [1.82, 2.24) is 10.6 Å². The molecule has 6 heteroatoms. The van der Waals surface area contributed by atoms with Crippen LogP contribution in [0.15, 0.2) is 30.3 Å². The van der Waals surface area contributed by atoms with Gasteiger partial charge in [0.15, 0.2) is 0 Å². The first-order chi connectivity index (χ1) is 8.66. The van der Waals surface area contributed by atoms with E-state index < -0.39 is 24.1 Å². The zero-order chi connectivity index (χ0) is 13.0. The van der Waals surface area contributed by atoms with Gasteiger partial charge in [0.25, 0.3) is 0 Å². The van der Waals surface area contributed by atoms with Crippen molar-refractivity contribution in [3.63, 3.8) is 0 Å². The molecule has 1 aliphatic rings. The quantitative estimate of drug-likeness (QED) is 0.691. The summed E-state index contributed by atoms with van der Waals surface area (Å²) in [6, 6.07) is 8.25. The number of nitrogens with one attached hydrogen (secondary N) is 2. The molecule has 1 aromatic carbocycles. The first-order valence-electron chi connectivity index (χ1n) is 5.60. The predicted molar refractivity (Wildman–Crippen MR) is 62.6 cm³/mol. The second-order valence-electron chi connectivity index (χ2n) is 4.00. The lowest BCUT2D eigenvalue weighted by Crippen LogP contribution is -2.45. The molecule has 1 fully saturated rings. The summed E-state index contributed by atoms with van der Waals surface area (Å²) in [5.74, 6) is -0.404. The van der Waals surface area contributed by atoms with E-state index in [1.54, 1.807) is 0 Å². The van der Waals surface area contributed by atoms with Crippen LogP contribution in [0.1, 0.15) is 5.56 Å². The molecule has 0 spiro atoms. The van der Waals surface area contributed by atoms with E-state index in [1.807, 2.05) is 30.3 Å². The fourth-order valence-corrected chi connectivity index (χ4v) is 1.66. The third-order valence-electron chi connectivity index (χ3n) is 2.64. The number of aliphatic hydroxyl groups is 1. The number of carbonyl (C=O) groups excluding carboxylic acids is 2. The summed E-state index contributed by atoms with van der Waals surface area (Å²) >= 11 is 0. The summed E-state index contributed by atoms with van der Waals surface area (Å²) in [5.41, 5.74) is 0.851. The van der Waals surface area contributed by atoms with Crippen molar-refractivity contribution in [2.24, 2.45) is 0 Å². The van der Waals surface area contributed by atoms with E-state index in [4.69, 9.17) is 4.74 Å². The van der Waals surface area contributed by atoms with E-state index >= 15 is 0 Å². The highest BCUT2D eigenvalue weighted by atomic mass is 16.5. The standard InChI is InChI=1S/C12H14N2O4/c15-9-6-13-11(16)10(9)14-12(17)18-7-8-4-2-1-3-5-8/h1-5,9-10,15H,6-7H2,(H,13,16)(H,14,17)/t9-,10+/m0/s1. The molecule has 1 aromatic rings. The molecule has 0 radical (unpaired) electrons. The number of alkyl carbamates (subject to hydrolysis) is 1. The van der Waals surface area contributed by atoms with E-state index in [1.165, 1.54) is 0 Å². The van der Waals surface area contributed by atoms with Gasteiger partial charge in [-0.1, -0.05) is 30.3 Å².